The van der Waals surface area contributed by atoms with Gasteiger partial charge in [-0.25, -0.2) is 8.42 Å². The van der Waals surface area contributed by atoms with Gasteiger partial charge in [-0.05, 0) is 25.5 Å². The van der Waals surface area contributed by atoms with E-state index in [0.717, 1.165) is 34.1 Å². The summed E-state index contributed by atoms with van der Waals surface area (Å²) in [6.45, 7) is 3.97. The minimum atomic E-state index is -3.87. The Balaban J connectivity index is 1.86. The van der Waals surface area contributed by atoms with E-state index in [-0.39, 0.29) is 16.3 Å². The van der Waals surface area contributed by atoms with Crippen LogP contribution in [0.15, 0.2) is 35.4 Å². The summed E-state index contributed by atoms with van der Waals surface area (Å²) in [7, 11) is -0.885. The van der Waals surface area contributed by atoms with Crippen LogP contribution in [0.3, 0.4) is 0 Å². The first-order chi connectivity index (χ1) is 14.2. The third kappa shape index (κ3) is 4.51. The van der Waals surface area contributed by atoms with E-state index in [0.29, 0.717) is 5.13 Å². The van der Waals surface area contributed by atoms with Crippen LogP contribution in [0, 0.1) is 6.92 Å². The molecule has 0 bridgehead atoms. The molecule has 2 heterocycles. The summed E-state index contributed by atoms with van der Waals surface area (Å²) in [6.07, 6.45) is 4.18. The number of hydrogen-bond acceptors (Lipinski definition) is 7. The zero-order valence-electron chi connectivity index (χ0n) is 17.3. The molecule has 0 saturated carbocycles. The minimum Gasteiger partial charge on any atom is -0.296 e. The van der Waals surface area contributed by atoms with Crippen molar-refractivity contribution in [3.63, 3.8) is 0 Å². The van der Waals surface area contributed by atoms with Crippen LogP contribution in [0.1, 0.15) is 40.7 Å². The molecular formula is C19H24N6O3S2. The fourth-order valence-corrected chi connectivity index (χ4v) is 4.86. The molecule has 1 N–H and O–H groups in total. The highest BCUT2D eigenvalue weighted by Crippen LogP contribution is 2.27. The smallest absolute Gasteiger partial charge is 0.265 e. The zero-order chi connectivity index (χ0) is 21.9. The Bertz CT molecular complexity index is 1140. The van der Waals surface area contributed by atoms with Crippen molar-refractivity contribution in [3.05, 3.63) is 46.6 Å². The highest BCUT2D eigenvalue weighted by Gasteiger charge is 2.29. The molecular weight excluding hydrogens is 424 g/mol. The van der Waals surface area contributed by atoms with Gasteiger partial charge in [0, 0.05) is 20.5 Å². The second-order valence-electron chi connectivity index (χ2n) is 6.85. The van der Waals surface area contributed by atoms with Gasteiger partial charge in [0.2, 0.25) is 5.13 Å². The molecule has 30 heavy (non-hydrogen) atoms. The topological polar surface area (TPSA) is 110 Å². The Morgan fingerprint density at radius 1 is 1.23 bits per heavy atom. The number of benzene rings is 1. The second-order valence-corrected chi connectivity index (χ2v) is 9.88. The molecule has 3 rings (SSSR count). The minimum absolute atomic E-state index is 0.126. The molecule has 0 spiro atoms. The van der Waals surface area contributed by atoms with Crippen LogP contribution < -0.4 is 9.62 Å². The van der Waals surface area contributed by atoms with E-state index in [4.69, 9.17) is 0 Å². The van der Waals surface area contributed by atoms with Crippen molar-refractivity contribution in [2.24, 2.45) is 7.05 Å². The van der Waals surface area contributed by atoms with Crippen LogP contribution in [0.2, 0.25) is 0 Å². The number of unbranched alkanes of at least 4 members (excludes halogenated alkanes) is 1. The van der Waals surface area contributed by atoms with Gasteiger partial charge in [0.15, 0.2) is 5.82 Å². The van der Waals surface area contributed by atoms with Crippen LogP contribution >= 0.6 is 11.3 Å². The first-order valence-electron chi connectivity index (χ1n) is 9.45. The van der Waals surface area contributed by atoms with Gasteiger partial charge in [-0.15, -0.1) is 10.2 Å². The summed E-state index contributed by atoms with van der Waals surface area (Å²) >= 11 is 1.31. The number of aryl methyl sites for hydroxylation is 3. The predicted octanol–water partition coefficient (Wildman–Crippen LogP) is 3.00. The van der Waals surface area contributed by atoms with Gasteiger partial charge in [-0.3, -0.25) is 19.1 Å². The summed E-state index contributed by atoms with van der Waals surface area (Å²) in [5.41, 5.74) is 1.08. The Hall–Kier alpha value is -2.79. The van der Waals surface area contributed by atoms with Gasteiger partial charge >= 0.3 is 0 Å². The molecule has 160 valence electrons. The lowest BCUT2D eigenvalue weighted by molar-refractivity contribution is 0.102. The van der Waals surface area contributed by atoms with Crippen molar-refractivity contribution in [3.8, 4) is 0 Å². The number of rotatable bonds is 8. The van der Waals surface area contributed by atoms with E-state index >= 15 is 0 Å². The number of aromatic nitrogens is 4. The van der Waals surface area contributed by atoms with Crippen molar-refractivity contribution in [1.29, 1.82) is 0 Å². The molecule has 0 radical (unpaired) electrons. The first kappa shape index (κ1) is 21.9. The lowest BCUT2D eigenvalue weighted by Gasteiger charge is -2.20. The SMILES string of the molecule is CCCCc1nnc(NC(=O)c2cnn(C)c2N(C)S(=O)(=O)c2ccc(C)cc2)s1. The van der Waals surface area contributed by atoms with E-state index in [1.54, 1.807) is 19.2 Å². The number of hydrogen-bond donors (Lipinski definition) is 1. The molecule has 0 fully saturated rings. The van der Waals surface area contributed by atoms with Crippen LogP contribution in [0.25, 0.3) is 0 Å². The third-order valence-electron chi connectivity index (χ3n) is 4.56. The molecule has 11 heteroatoms. The Kier molecular flexibility index (Phi) is 6.52. The molecule has 9 nitrogen and oxygen atoms in total. The molecule has 0 atom stereocenters. The van der Waals surface area contributed by atoms with Crippen LogP contribution in [0.5, 0.6) is 0 Å². The van der Waals surface area contributed by atoms with Gasteiger partial charge in [0.25, 0.3) is 15.9 Å². The lowest BCUT2D eigenvalue weighted by atomic mass is 10.2. The highest BCUT2D eigenvalue weighted by atomic mass is 32.2. The summed E-state index contributed by atoms with van der Waals surface area (Å²) < 4.78 is 28.5. The molecule has 0 aliphatic rings. The van der Waals surface area contributed by atoms with Crippen molar-refractivity contribution in [1.82, 2.24) is 20.0 Å². The second kappa shape index (κ2) is 8.92. The molecule has 0 aliphatic carbocycles. The maximum atomic E-state index is 13.1. The molecule has 0 unspecified atom stereocenters. The zero-order valence-corrected chi connectivity index (χ0v) is 18.9. The summed E-state index contributed by atoms with van der Waals surface area (Å²) in [5, 5.41) is 16.1. The number of sulfonamides is 1. The largest absolute Gasteiger partial charge is 0.296 e. The van der Waals surface area contributed by atoms with Crippen LogP contribution in [-0.4, -0.2) is 41.4 Å². The van der Waals surface area contributed by atoms with E-state index in [2.05, 4.69) is 27.5 Å². The Labute approximate surface area is 179 Å². The van der Waals surface area contributed by atoms with Gasteiger partial charge in [-0.2, -0.15) is 5.10 Å². The number of carbonyl (C=O) groups is 1. The molecule has 1 amide bonds. The van der Waals surface area contributed by atoms with Crippen LogP contribution in [-0.2, 0) is 23.5 Å². The number of carbonyl (C=O) groups excluding carboxylic acids is 1. The number of amides is 1. The fourth-order valence-electron chi connectivity index (χ4n) is 2.84. The Morgan fingerprint density at radius 3 is 2.60 bits per heavy atom. The first-order valence-corrected chi connectivity index (χ1v) is 11.7. The van der Waals surface area contributed by atoms with Gasteiger partial charge in [0.1, 0.15) is 10.6 Å². The highest BCUT2D eigenvalue weighted by molar-refractivity contribution is 7.92. The average molecular weight is 449 g/mol. The summed E-state index contributed by atoms with van der Waals surface area (Å²) in [6, 6.07) is 6.53. The number of nitrogens with zero attached hydrogens (tertiary/aromatic N) is 5. The number of nitrogens with one attached hydrogen (secondary N) is 1. The molecule has 0 aliphatic heterocycles. The van der Waals surface area contributed by atoms with Crippen molar-refractivity contribution >= 4 is 38.2 Å². The van der Waals surface area contributed by atoms with Gasteiger partial charge in [-0.1, -0.05) is 42.4 Å². The van der Waals surface area contributed by atoms with Crippen molar-refractivity contribution in [2.45, 2.75) is 38.0 Å². The third-order valence-corrected chi connectivity index (χ3v) is 7.22. The van der Waals surface area contributed by atoms with E-state index in [9.17, 15) is 13.2 Å². The maximum Gasteiger partial charge on any atom is 0.265 e. The quantitative estimate of drug-likeness (QED) is 0.567. The van der Waals surface area contributed by atoms with Gasteiger partial charge in [0.05, 0.1) is 11.1 Å². The summed E-state index contributed by atoms with van der Waals surface area (Å²) in [4.78, 5) is 13.0. The van der Waals surface area contributed by atoms with Crippen molar-refractivity contribution < 1.29 is 13.2 Å². The normalized spacial score (nSPS) is 11.5. The average Bonchev–Trinajstić information content (AvgIpc) is 3.32. The molecule has 0 saturated heterocycles. The molecule has 3 aromatic rings. The van der Waals surface area contributed by atoms with E-state index < -0.39 is 15.9 Å². The predicted molar refractivity (Wildman–Crippen MR) is 116 cm³/mol. The lowest BCUT2D eigenvalue weighted by Crippen LogP contribution is -2.30. The monoisotopic (exact) mass is 448 g/mol. The fraction of sp³-hybridized carbons (Fsp3) is 0.368. The van der Waals surface area contributed by atoms with E-state index in [1.807, 2.05) is 6.92 Å². The van der Waals surface area contributed by atoms with Crippen LogP contribution in [0.4, 0.5) is 10.9 Å². The van der Waals surface area contributed by atoms with E-state index in [1.165, 1.54) is 41.4 Å². The van der Waals surface area contributed by atoms with Crippen molar-refractivity contribution in [2.75, 3.05) is 16.7 Å². The number of anilines is 2. The molecule has 1 aromatic carbocycles. The maximum absolute atomic E-state index is 13.1. The summed E-state index contributed by atoms with van der Waals surface area (Å²) in [5.74, 6) is -0.342. The molecule has 2 aromatic heterocycles. The Morgan fingerprint density at radius 2 is 1.93 bits per heavy atom. The van der Waals surface area contributed by atoms with Gasteiger partial charge < -0.3 is 0 Å². The standard InChI is InChI=1S/C19H24N6O3S2/c1-5-6-7-16-22-23-19(29-16)21-17(26)15-12-20-24(3)18(15)25(4)30(27,28)14-10-8-13(2)9-11-14/h8-12H,5-7H2,1-4H3,(H,21,23,26).